The van der Waals surface area contributed by atoms with Crippen molar-refractivity contribution < 1.29 is 4.74 Å². The van der Waals surface area contributed by atoms with E-state index in [1.165, 1.54) is 38.8 Å². The molecule has 0 bridgehead atoms. The maximum Gasteiger partial charge on any atom is 0.0586 e. The molecule has 3 nitrogen and oxygen atoms in total. The van der Waals surface area contributed by atoms with Crippen molar-refractivity contribution in [3.63, 3.8) is 0 Å². The molecule has 1 aliphatic heterocycles. The van der Waals surface area contributed by atoms with Gasteiger partial charge in [-0.3, -0.25) is 4.90 Å². The number of rotatable bonds is 2. The summed E-state index contributed by atoms with van der Waals surface area (Å²) in [6, 6.07) is 1.43. The Morgan fingerprint density at radius 3 is 2.93 bits per heavy atom. The van der Waals surface area contributed by atoms with Gasteiger partial charge in [0.25, 0.3) is 0 Å². The first-order valence-corrected chi connectivity index (χ1v) is 6.30. The van der Waals surface area contributed by atoms with Crippen molar-refractivity contribution in [3.8, 4) is 0 Å². The summed E-state index contributed by atoms with van der Waals surface area (Å²) >= 11 is 0. The average Bonchev–Trinajstić information content (AvgIpc) is 2.29. The van der Waals surface area contributed by atoms with Gasteiger partial charge in [0, 0.05) is 38.8 Å². The van der Waals surface area contributed by atoms with E-state index in [4.69, 9.17) is 4.74 Å². The molecule has 1 saturated heterocycles. The molecule has 0 radical (unpaired) electrons. The smallest absolute Gasteiger partial charge is 0.0586 e. The van der Waals surface area contributed by atoms with Crippen LogP contribution in [0.25, 0.3) is 0 Å². The number of hydrogen-bond acceptors (Lipinski definition) is 3. The predicted octanol–water partition coefficient (Wildman–Crippen LogP) is 1.24. The fourth-order valence-electron chi connectivity index (χ4n) is 2.96. The molecule has 0 aromatic heterocycles. The highest BCUT2D eigenvalue weighted by atomic mass is 16.5. The van der Waals surface area contributed by atoms with E-state index in [1.807, 2.05) is 7.11 Å². The summed E-state index contributed by atoms with van der Waals surface area (Å²) in [5.74, 6) is 0. The minimum Gasteiger partial charge on any atom is -0.381 e. The largest absolute Gasteiger partial charge is 0.381 e. The van der Waals surface area contributed by atoms with Crippen LogP contribution in [0.2, 0.25) is 0 Å². The van der Waals surface area contributed by atoms with Gasteiger partial charge in [0.05, 0.1) is 6.10 Å². The Balaban J connectivity index is 1.86. The second-order valence-corrected chi connectivity index (χ2v) is 5.03. The molecule has 0 aromatic rings. The Labute approximate surface area is 93.2 Å². The third-order valence-electron chi connectivity index (χ3n) is 3.85. The second-order valence-electron chi connectivity index (χ2n) is 5.03. The molecule has 15 heavy (non-hydrogen) atoms. The molecule has 3 heteroatoms. The van der Waals surface area contributed by atoms with Gasteiger partial charge in [0.15, 0.2) is 0 Å². The summed E-state index contributed by atoms with van der Waals surface area (Å²) in [6.07, 6.45) is 5.71. The number of piperazine rings is 1. The van der Waals surface area contributed by atoms with Crippen LogP contribution in [0.4, 0.5) is 0 Å². The van der Waals surface area contributed by atoms with Crippen LogP contribution in [-0.4, -0.2) is 49.8 Å². The van der Waals surface area contributed by atoms with Gasteiger partial charge in [-0.1, -0.05) is 0 Å². The molecule has 2 aliphatic rings. The van der Waals surface area contributed by atoms with Gasteiger partial charge >= 0.3 is 0 Å². The van der Waals surface area contributed by atoms with Gasteiger partial charge in [0.2, 0.25) is 0 Å². The molecular weight excluding hydrogens is 188 g/mol. The lowest BCUT2D eigenvalue weighted by molar-refractivity contribution is 0.0205. The monoisotopic (exact) mass is 212 g/mol. The number of hydrogen-bond donors (Lipinski definition) is 1. The Kier molecular flexibility index (Phi) is 4.00. The minimum absolute atomic E-state index is 0.508. The van der Waals surface area contributed by atoms with E-state index >= 15 is 0 Å². The molecule has 1 N–H and O–H groups in total. The van der Waals surface area contributed by atoms with Crippen LogP contribution < -0.4 is 5.32 Å². The molecule has 1 saturated carbocycles. The van der Waals surface area contributed by atoms with E-state index < -0.39 is 0 Å². The van der Waals surface area contributed by atoms with E-state index in [1.54, 1.807) is 0 Å². The van der Waals surface area contributed by atoms with Crippen LogP contribution in [-0.2, 0) is 4.74 Å². The van der Waals surface area contributed by atoms with Crippen LogP contribution in [0.15, 0.2) is 0 Å². The van der Waals surface area contributed by atoms with E-state index in [2.05, 4.69) is 17.1 Å². The van der Waals surface area contributed by atoms with Crippen molar-refractivity contribution in [3.05, 3.63) is 0 Å². The molecule has 1 heterocycles. The summed E-state index contributed by atoms with van der Waals surface area (Å²) in [4.78, 5) is 2.66. The maximum absolute atomic E-state index is 5.50. The van der Waals surface area contributed by atoms with E-state index in [-0.39, 0.29) is 0 Å². The maximum atomic E-state index is 5.50. The summed E-state index contributed by atoms with van der Waals surface area (Å²) in [5.41, 5.74) is 0. The zero-order valence-corrected chi connectivity index (χ0v) is 10.0. The van der Waals surface area contributed by atoms with Gasteiger partial charge in [-0.15, -0.1) is 0 Å². The van der Waals surface area contributed by atoms with Gasteiger partial charge in [-0.05, 0) is 32.6 Å². The zero-order valence-electron chi connectivity index (χ0n) is 10.0. The molecule has 2 fully saturated rings. The number of methoxy groups -OCH3 is 1. The Hall–Kier alpha value is -0.120. The first kappa shape index (κ1) is 11.4. The van der Waals surface area contributed by atoms with Gasteiger partial charge < -0.3 is 10.1 Å². The molecule has 88 valence electrons. The van der Waals surface area contributed by atoms with Crippen molar-refractivity contribution in [1.29, 1.82) is 0 Å². The fourth-order valence-corrected chi connectivity index (χ4v) is 2.96. The Morgan fingerprint density at radius 1 is 1.33 bits per heavy atom. The summed E-state index contributed by atoms with van der Waals surface area (Å²) in [6.45, 7) is 5.85. The highest BCUT2D eigenvalue weighted by Gasteiger charge is 2.28. The van der Waals surface area contributed by atoms with Crippen LogP contribution >= 0.6 is 0 Å². The van der Waals surface area contributed by atoms with Crippen LogP contribution in [0.1, 0.15) is 32.6 Å². The van der Waals surface area contributed by atoms with Gasteiger partial charge in [-0.25, -0.2) is 0 Å². The summed E-state index contributed by atoms with van der Waals surface area (Å²) < 4.78 is 5.50. The summed E-state index contributed by atoms with van der Waals surface area (Å²) in [5, 5.41) is 3.50. The summed E-state index contributed by atoms with van der Waals surface area (Å²) in [7, 11) is 1.85. The highest BCUT2D eigenvalue weighted by Crippen LogP contribution is 2.25. The third kappa shape index (κ3) is 2.92. The van der Waals surface area contributed by atoms with Gasteiger partial charge in [0.1, 0.15) is 0 Å². The normalized spacial score (nSPS) is 39.2. The lowest BCUT2D eigenvalue weighted by Crippen LogP contribution is -2.54. The van der Waals surface area contributed by atoms with Gasteiger partial charge in [-0.2, -0.15) is 0 Å². The average molecular weight is 212 g/mol. The molecule has 1 aliphatic carbocycles. The SMILES string of the molecule is COC1CCCC(N2CCN[C@@H](C)C2)C1. The van der Waals surface area contributed by atoms with Crippen molar-refractivity contribution in [2.75, 3.05) is 26.7 Å². The van der Waals surface area contributed by atoms with E-state index in [0.29, 0.717) is 12.1 Å². The second kappa shape index (κ2) is 5.28. The van der Waals surface area contributed by atoms with Crippen molar-refractivity contribution in [2.45, 2.75) is 50.8 Å². The number of nitrogens with zero attached hydrogens (tertiary/aromatic N) is 1. The van der Waals surface area contributed by atoms with Crippen molar-refractivity contribution in [1.82, 2.24) is 10.2 Å². The van der Waals surface area contributed by atoms with Crippen LogP contribution in [0, 0.1) is 0 Å². The first-order valence-electron chi connectivity index (χ1n) is 6.30. The molecule has 2 unspecified atom stereocenters. The van der Waals surface area contributed by atoms with E-state index in [9.17, 15) is 0 Å². The Bertz CT molecular complexity index is 198. The third-order valence-corrected chi connectivity index (χ3v) is 3.85. The fraction of sp³-hybridized carbons (Fsp3) is 1.00. The van der Waals surface area contributed by atoms with Crippen LogP contribution in [0.3, 0.4) is 0 Å². The van der Waals surface area contributed by atoms with E-state index in [0.717, 1.165) is 12.6 Å². The van der Waals surface area contributed by atoms with Crippen LogP contribution in [0.5, 0.6) is 0 Å². The topological polar surface area (TPSA) is 24.5 Å². The van der Waals surface area contributed by atoms with Crippen molar-refractivity contribution in [2.24, 2.45) is 0 Å². The van der Waals surface area contributed by atoms with Crippen molar-refractivity contribution >= 4 is 0 Å². The Morgan fingerprint density at radius 2 is 2.20 bits per heavy atom. The highest BCUT2D eigenvalue weighted by molar-refractivity contribution is 4.85. The number of ether oxygens (including phenoxy) is 1. The zero-order chi connectivity index (χ0) is 10.7. The molecule has 0 aromatic carbocycles. The number of nitrogens with one attached hydrogen (secondary N) is 1. The molecule has 3 atom stereocenters. The predicted molar refractivity (Wildman–Crippen MR) is 62.1 cm³/mol. The standard InChI is InChI=1S/C12H24N2O/c1-10-9-14(7-6-13-10)11-4-3-5-12(8-11)15-2/h10-13H,3-9H2,1-2H3/t10-,11?,12?/m0/s1. The minimum atomic E-state index is 0.508. The molecular formula is C12H24N2O. The molecule has 0 spiro atoms. The lowest BCUT2D eigenvalue weighted by atomic mass is 9.91. The quantitative estimate of drug-likeness (QED) is 0.745. The molecule has 0 amide bonds. The molecule has 2 rings (SSSR count). The lowest BCUT2D eigenvalue weighted by Gasteiger charge is -2.41. The first-order chi connectivity index (χ1) is 7.29.